The fourth-order valence-corrected chi connectivity index (χ4v) is 4.31. The van der Waals surface area contributed by atoms with E-state index >= 15 is 0 Å². The number of likely N-dealkylation sites (tertiary alicyclic amines) is 1. The molecule has 1 heterocycles. The number of hydrogen-bond donors (Lipinski definition) is 2. The van der Waals surface area contributed by atoms with E-state index in [4.69, 9.17) is 0 Å². The van der Waals surface area contributed by atoms with Crippen LogP contribution in [0, 0.1) is 5.92 Å². The second-order valence-electron chi connectivity index (χ2n) is 6.68. The molecule has 0 bridgehead atoms. The SMILES string of the molecule is CNC(=O)C1CCN(C(=O)c2ccc(NS(=O)(=O)c3ccccc3)cc2)CC1. The number of sulfonamides is 1. The first-order valence-corrected chi connectivity index (χ1v) is 10.6. The third-order valence-corrected chi connectivity index (χ3v) is 6.23. The Kier molecular flexibility index (Phi) is 5.99. The lowest BCUT2D eigenvalue weighted by Gasteiger charge is -2.31. The topological polar surface area (TPSA) is 95.6 Å². The van der Waals surface area contributed by atoms with Crippen molar-refractivity contribution in [3.8, 4) is 0 Å². The summed E-state index contributed by atoms with van der Waals surface area (Å²) in [6, 6.07) is 14.5. The van der Waals surface area contributed by atoms with Crippen LogP contribution in [0.3, 0.4) is 0 Å². The van der Waals surface area contributed by atoms with Crippen LogP contribution in [-0.4, -0.2) is 45.3 Å². The minimum atomic E-state index is -3.67. The summed E-state index contributed by atoms with van der Waals surface area (Å²) in [5, 5.41) is 2.65. The second kappa shape index (κ2) is 8.43. The molecule has 2 aromatic rings. The van der Waals surface area contributed by atoms with Gasteiger partial charge in [0.1, 0.15) is 0 Å². The van der Waals surface area contributed by atoms with Crippen molar-refractivity contribution in [3.05, 3.63) is 60.2 Å². The van der Waals surface area contributed by atoms with Gasteiger partial charge in [0.15, 0.2) is 0 Å². The summed E-state index contributed by atoms with van der Waals surface area (Å²) >= 11 is 0. The van der Waals surface area contributed by atoms with Crippen LogP contribution in [-0.2, 0) is 14.8 Å². The molecule has 0 unspecified atom stereocenters. The Balaban J connectivity index is 1.63. The van der Waals surface area contributed by atoms with Gasteiger partial charge in [0.2, 0.25) is 5.91 Å². The molecule has 28 heavy (non-hydrogen) atoms. The van der Waals surface area contributed by atoms with Gasteiger partial charge in [-0.25, -0.2) is 8.42 Å². The van der Waals surface area contributed by atoms with Crippen LogP contribution in [0.1, 0.15) is 23.2 Å². The van der Waals surface area contributed by atoms with Crippen LogP contribution < -0.4 is 10.0 Å². The number of nitrogens with one attached hydrogen (secondary N) is 2. The number of anilines is 1. The molecule has 3 rings (SSSR count). The Labute approximate surface area is 164 Å². The largest absolute Gasteiger partial charge is 0.359 e. The Hall–Kier alpha value is -2.87. The first-order valence-electron chi connectivity index (χ1n) is 9.09. The van der Waals surface area contributed by atoms with Crippen molar-refractivity contribution in [1.29, 1.82) is 0 Å². The minimum Gasteiger partial charge on any atom is -0.359 e. The third-order valence-electron chi connectivity index (χ3n) is 4.84. The lowest BCUT2D eigenvalue weighted by molar-refractivity contribution is -0.125. The zero-order chi connectivity index (χ0) is 20.1. The van der Waals surface area contributed by atoms with Crippen LogP contribution in [0.5, 0.6) is 0 Å². The Morgan fingerprint density at radius 3 is 2.14 bits per heavy atom. The molecule has 1 aliphatic rings. The van der Waals surface area contributed by atoms with E-state index < -0.39 is 10.0 Å². The third kappa shape index (κ3) is 4.51. The van der Waals surface area contributed by atoms with E-state index in [1.54, 1.807) is 54.4 Å². The highest BCUT2D eigenvalue weighted by Crippen LogP contribution is 2.21. The molecule has 2 N–H and O–H groups in total. The number of benzene rings is 2. The zero-order valence-electron chi connectivity index (χ0n) is 15.6. The summed E-state index contributed by atoms with van der Waals surface area (Å²) in [5.41, 5.74) is 0.875. The van der Waals surface area contributed by atoms with Crippen LogP contribution in [0.4, 0.5) is 5.69 Å². The summed E-state index contributed by atoms with van der Waals surface area (Å²) < 4.78 is 27.2. The van der Waals surface area contributed by atoms with Crippen molar-refractivity contribution in [2.45, 2.75) is 17.7 Å². The van der Waals surface area contributed by atoms with Gasteiger partial charge in [-0.15, -0.1) is 0 Å². The van der Waals surface area contributed by atoms with E-state index in [1.165, 1.54) is 12.1 Å². The number of piperidine rings is 1. The highest BCUT2D eigenvalue weighted by atomic mass is 32.2. The van der Waals surface area contributed by atoms with E-state index in [-0.39, 0.29) is 22.6 Å². The maximum absolute atomic E-state index is 12.7. The molecule has 0 aliphatic carbocycles. The maximum atomic E-state index is 12.7. The fraction of sp³-hybridized carbons (Fsp3) is 0.300. The molecule has 0 spiro atoms. The van der Waals surface area contributed by atoms with E-state index in [9.17, 15) is 18.0 Å². The molecule has 0 radical (unpaired) electrons. The number of amides is 2. The maximum Gasteiger partial charge on any atom is 0.261 e. The monoisotopic (exact) mass is 401 g/mol. The zero-order valence-corrected chi connectivity index (χ0v) is 16.4. The van der Waals surface area contributed by atoms with Crippen LogP contribution in [0.25, 0.3) is 0 Å². The van der Waals surface area contributed by atoms with Gasteiger partial charge in [0.25, 0.3) is 15.9 Å². The number of carbonyl (C=O) groups is 2. The van der Waals surface area contributed by atoms with Gasteiger partial charge < -0.3 is 10.2 Å². The van der Waals surface area contributed by atoms with E-state index in [0.717, 1.165) is 0 Å². The first-order chi connectivity index (χ1) is 13.4. The van der Waals surface area contributed by atoms with Gasteiger partial charge in [-0.3, -0.25) is 14.3 Å². The predicted octanol–water partition coefficient (Wildman–Crippen LogP) is 2.09. The molecule has 0 aromatic heterocycles. The summed E-state index contributed by atoms with van der Waals surface area (Å²) in [4.78, 5) is 26.2. The molecule has 7 nitrogen and oxygen atoms in total. The second-order valence-corrected chi connectivity index (χ2v) is 8.36. The quantitative estimate of drug-likeness (QED) is 0.802. The first kappa shape index (κ1) is 19.9. The Morgan fingerprint density at radius 1 is 0.964 bits per heavy atom. The molecule has 1 fully saturated rings. The predicted molar refractivity (Wildman–Crippen MR) is 106 cm³/mol. The van der Waals surface area contributed by atoms with Crippen molar-refractivity contribution >= 4 is 27.5 Å². The average molecular weight is 401 g/mol. The highest BCUT2D eigenvalue weighted by Gasteiger charge is 2.27. The Bertz CT molecular complexity index is 935. The summed E-state index contributed by atoms with van der Waals surface area (Å²) in [7, 11) is -2.05. The molecule has 8 heteroatoms. The fourth-order valence-electron chi connectivity index (χ4n) is 3.23. The number of nitrogens with zero attached hydrogens (tertiary/aromatic N) is 1. The van der Waals surface area contributed by atoms with Crippen LogP contribution >= 0.6 is 0 Å². The molecule has 2 amide bonds. The molecular weight excluding hydrogens is 378 g/mol. The number of hydrogen-bond acceptors (Lipinski definition) is 4. The van der Waals surface area contributed by atoms with E-state index in [2.05, 4.69) is 10.0 Å². The van der Waals surface area contributed by atoms with Crippen molar-refractivity contribution < 1.29 is 18.0 Å². The van der Waals surface area contributed by atoms with Crippen molar-refractivity contribution in [3.63, 3.8) is 0 Å². The van der Waals surface area contributed by atoms with Crippen LogP contribution in [0.2, 0.25) is 0 Å². The standard InChI is InChI=1S/C20H23N3O4S/c1-21-19(24)15-11-13-23(14-12-15)20(25)16-7-9-17(10-8-16)22-28(26,27)18-5-3-2-4-6-18/h2-10,15,22H,11-14H2,1H3,(H,21,24). The van der Waals surface area contributed by atoms with Crippen molar-refractivity contribution in [1.82, 2.24) is 10.2 Å². The van der Waals surface area contributed by atoms with Gasteiger partial charge >= 0.3 is 0 Å². The van der Waals surface area contributed by atoms with E-state index in [1.807, 2.05) is 0 Å². The van der Waals surface area contributed by atoms with Gasteiger partial charge in [0, 0.05) is 37.3 Å². The minimum absolute atomic E-state index is 0.0159. The van der Waals surface area contributed by atoms with Gasteiger partial charge in [-0.05, 0) is 49.2 Å². The molecule has 0 atom stereocenters. The summed E-state index contributed by atoms with van der Waals surface area (Å²) in [5.74, 6) is -0.154. The average Bonchev–Trinajstić information content (AvgIpc) is 2.74. The van der Waals surface area contributed by atoms with Gasteiger partial charge in [-0.2, -0.15) is 0 Å². The summed E-state index contributed by atoms with van der Waals surface area (Å²) in [6.07, 6.45) is 1.28. The molecular formula is C20H23N3O4S. The van der Waals surface area contributed by atoms with Crippen molar-refractivity contribution in [2.24, 2.45) is 5.92 Å². The van der Waals surface area contributed by atoms with Crippen LogP contribution in [0.15, 0.2) is 59.5 Å². The smallest absolute Gasteiger partial charge is 0.261 e. The van der Waals surface area contributed by atoms with Gasteiger partial charge in [-0.1, -0.05) is 18.2 Å². The highest BCUT2D eigenvalue weighted by molar-refractivity contribution is 7.92. The lowest BCUT2D eigenvalue weighted by atomic mass is 9.95. The molecule has 2 aromatic carbocycles. The van der Waals surface area contributed by atoms with E-state index in [0.29, 0.717) is 37.2 Å². The normalized spacial score (nSPS) is 15.1. The molecule has 1 saturated heterocycles. The van der Waals surface area contributed by atoms with Gasteiger partial charge in [0.05, 0.1) is 4.90 Å². The molecule has 148 valence electrons. The number of rotatable bonds is 5. The summed E-state index contributed by atoms with van der Waals surface area (Å²) in [6.45, 7) is 1.05. The molecule has 0 saturated carbocycles. The Morgan fingerprint density at radius 2 is 1.57 bits per heavy atom. The number of carbonyl (C=O) groups excluding carboxylic acids is 2. The van der Waals surface area contributed by atoms with Crippen molar-refractivity contribution in [2.75, 3.05) is 24.9 Å². The lowest BCUT2D eigenvalue weighted by Crippen LogP contribution is -2.42. The molecule has 1 aliphatic heterocycles.